The van der Waals surface area contributed by atoms with E-state index in [1.54, 1.807) is 12.1 Å². The summed E-state index contributed by atoms with van der Waals surface area (Å²) in [5.74, 6) is 1.06. The molecule has 0 saturated carbocycles. The molecule has 4 aromatic rings. The van der Waals surface area contributed by atoms with Gasteiger partial charge in [-0.2, -0.15) is 0 Å². The molecule has 6 heteroatoms. The van der Waals surface area contributed by atoms with E-state index in [2.05, 4.69) is 10.6 Å². The summed E-state index contributed by atoms with van der Waals surface area (Å²) in [4.78, 5) is 24.6. The lowest BCUT2D eigenvalue weighted by atomic mass is 10.1. The molecule has 0 aromatic heterocycles. The number of amides is 2. The van der Waals surface area contributed by atoms with Gasteiger partial charge in [0.05, 0.1) is 0 Å². The van der Waals surface area contributed by atoms with Gasteiger partial charge in [0.2, 0.25) is 0 Å². The third kappa shape index (κ3) is 7.96. The van der Waals surface area contributed by atoms with E-state index in [0.717, 1.165) is 47.9 Å². The summed E-state index contributed by atoms with van der Waals surface area (Å²) in [6.07, 6.45) is 2.57. The van der Waals surface area contributed by atoms with Crippen molar-refractivity contribution in [3.05, 3.63) is 109 Å². The smallest absolute Gasteiger partial charge is 0.410 e. The maximum absolute atomic E-state index is 12.3. The zero-order valence-electron chi connectivity index (χ0n) is 21.3. The monoisotopic (exact) mass is 508 g/mol. The average molecular weight is 509 g/mol. The van der Waals surface area contributed by atoms with Crippen LogP contribution < -0.4 is 20.1 Å². The van der Waals surface area contributed by atoms with Gasteiger partial charge in [-0.15, -0.1) is 0 Å². The van der Waals surface area contributed by atoms with E-state index in [-0.39, 0.29) is 0 Å². The zero-order chi connectivity index (χ0) is 26.4. The van der Waals surface area contributed by atoms with Crippen molar-refractivity contribution in [3.8, 4) is 33.8 Å². The molecule has 0 fully saturated rings. The highest BCUT2D eigenvalue weighted by Gasteiger charge is 2.11. The molecule has 6 nitrogen and oxygen atoms in total. The lowest BCUT2D eigenvalue weighted by Gasteiger charge is -2.11. The SMILES string of the molecule is O=C(NCCCCCCNC(=O)Oc1ccccc1-c1ccccc1)Oc1ccccc1-c1ccccc1. The van der Waals surface area contributed by atoms with Gasteiger partial charge in [-0.25, -0.2) is 9.59 Å². The van der Waals surface area contributed by atoms with Crippen molar-refractivity contribution in [1.29, 1.82) is 0 Å². The highest BCUT2D eigenvalue weighted by Crippen LogP contribution is 2.30. The van der Waals surface area contributed by atoms with E-state index in [4.69, 9.17) is 9.47 Å². The van der Waals surface area contributed by atoms with E-state index >= 15 is 0 Å². The summed E-state index contributed by atoms with van der Waals surface area (Å²) in [5.41, 5.74) is 3.73. The zero-order valence-corrected chi connectivity index (χ0v) is 21.3. The fourth-order valence-electron chi connectivity index (χ4n) is 4.08. The minimum Gasteiger partial charge on any atom is -0.410 e. The molecule has 194 valence electrons. The van der Waals surface area contributed by atoms with Crippen LogP contribution in [0.15, 0.2) is 109 Å². The first kappa shape index (κ1) is 26.5. The van der Waals surface area contributed by atoms with Gasteiger partial charge in [0, 0.05) is 24.2 Å². The van der Waals surface area contributed by atoms with E-state index in [9.17, 15) is 9.59 Å². The van der Waals surface area contributed by atoms with Crippen molar-refractivity contribution >= 4 is 12.2 Å². The van der Waals surface area contributed by atoms with Crippen LogP contribution in [0.4, 0.5) is 9.59 Å². The Kier molecular flexibility index (Phi) is 9.92. The molecule has 2 amide bonds. The standard InChI is InChI=1S/C32H32N2O4/c35-31(37-29-21-11-9-19-27(29)25-15-5-3-6-16-25)33-23-13-1-2-14-24-34-32(36)38-30-22-12-10-20-28(30)26-17-7-4-8-18-26/h3-12,15-22H,1-2,13-14,23-24H2,(H,33,35)(H,34,36). The quantitative estimate of drug-likeness (QED) is 0.206. The van der Waals surface area contributed by atoms with Crippen LogP contribution in [0.3, 0.4) is 0 Å². The molecule has 4 aromatic carbocycles. The van der Waals surface area contributed by atoms with Crippen molar-refractivity contribution in [1.82, 2.24) is 10.6 Å². The van der Waals surface area contributed by atoms with Gasteiger partial charge in [0.15, 0.2) is 0 Å². The molecule has 2 N–H and O–H groups in total. The summed E-state index contributed by atoms with van der Waals surface area (Å²) in [5, 5.41) is 5.63. The summed E-state index contributed by atoms with van der Waals surface area (Å²) in [6, 6.07) is 34.7. The van der Waals surface area contributed by atoms with Crippen molar-refractivity contribution < 1.29 is 19.1 Å². The van der Waals surface area contributed by atoms with Gasteiger partial charge >= 0.3 is 12.2 Å². The minimum absolute atomic E-state index is 0.464. The van der Waals surface area contributed by atoms with Crippen molar-refractivity contribution in [2.75, 3.05) is 13.1 Å². The number of carbonyl (C=O) groups is 2. The van der Waals surface area contributed by atoms with Gasteiger partial charge in [-0.3, -0.25) is 0 Å². The molecule has 0 radical (unpaired) electrons. The van der Waals surface area contributed by atoms with Crippen molar-refractivity contribution in [2.24, 2.45) is 0 Å². The number of ether oxygens (including phenoxy) is 2. The molecule has 0 aliphatic heterocycles. The maximum Gasteiger partial charge on any atom is 0.412 e. The van der Waals surface area contributed by atoms with Gasteiger partial charge in [0.1, 0.15) is 11.5 Å². The average Bonchev–Trinajstić information content (AvgIpc) is 2.96. The fraction of sp³-hybridized carbons (Fsp3) is 0.188. The van der Waals surface area contributed by atoms with Crippen LogP contribution in [-0.4, -0.2) is 25.3 Å². The maximum atomic E-state index is 12.3. The Balaban J connectivity index is 1.10. The highest BCUT2D eigenvalue weighted by atomic mass is 16.6. The Hall–Kier alpha value is -4.58. The molecule has 0 bridgehead atoms. The second kappa shape index (κ2) is 14.2. The number of rotatable bonds is 11. The first-order chi connectivity index (χ1) is 18.7. The van der Waals surface area contributed by atoms with Gasteiger partial charge in [-0.05, 0) is 36.1 Å². The Bertz CT molecular complexity index is 1210. The van der Waals surface area contributed by atoms with E-state index in [1.165, 1.54) is 0 Å². The third-order valence-electron chi connectivity index (χ3n) is 5.99. The molecule has 38 heavy (non-hydrogen) atoms. The Morgan fingerprint density at radius 2 is 0.842 bits per heavy atom. The summed E-state index contributed by atoms with van der Waals surface area (Å²) in [6.45, 7) is 1.05. The number of carbonyl (C=O) groups excluding carboxylic acids is 2. The van der Waals surface area contributed by atoms with Crippen LogP contribution in [0.5, 0.6) is 11.5 Å². The summed E-state index contributed by atoms with van der Waals surface area (Å²) in [7, 11) is 0. The lowest BCUT2D eigenvalue weighted by molar-refractivity contribution is 0.199. The van der Waals surface area contributed by atoms with E-state index in [0.29, 0.717) is 24.6 Å². The van der Waals surface area contributed by atoms with Gasteiger partial charge in [-0.1, -0.05) is 110 Å². The number of hydrogen-bond acceptors (Lipinski definition) is 4. The lowest BCUT2D eigenvalue weighted by Crippen LogP contribution is -2.28. The molecule has 0 saturated heterocycles. The molecule has 0 spiro atoms. The largest absolute Gasteiger partial charge is 0.412 e. The minimum atomic E-state index is -0.464. The van der Waals surface area contributed by atoms with Crippen LogP contribution in [0.2, 0.25) is 0 Å². The first-order valence-corrected chi connectivity index (χ1v) is 12.9. The van der Waals surface area contributed by atoms with Gasteiger partial charge in [0.25, 0.3) is 0 Å². The third-order valence-corrected chi connectivity index (χ3v) is 5.99. The van der Waals surface area contributed by atoms with Crippen LogP contribution >= 0.6 is 0 Å². The number of benzene rings is 4. The molecule has 0 unspecified atom stereocenters. The Morgan fingerprint density at radius 1 is 0.474 bits per heavy atom. The predicted octanol–water partition coefficient (Wildman–Crippen LogP) is 7.46. The Morgan fingerprint density at radius 3 is 1.26 bits per heavy atom. The second-order valence-corrected chi connectivity index (χ2v) is 8.77. The van der Waals surface area contributed by atoms with E-state index < -0.39 is 12.2 Å². The normalized spacial score (nSPS) is 10.4. The number of para-hydroxylation sites is 2. The number of nitrogens with one attached hydrogen (secondary N) is 2. The molecule has 0 aliphatic rings. The molecule has 0 heterocycles. The molecule has 4 rings (SSSR count). The van der Waals surface area contributed by atoms with Crippen molar-refractivity contribution in [2.45, 2.75) is 25.7 Å². The van der Waals surface area contributed by atoms with E-state index in [1.807, 2.05) is 97.1 Å². The van der Waals surface area contributed by atoms with Crippen LogP contribution in [0.1, 0.15) is 25.7 Å². The molecular weight excluding hydrogens is 476 g/mol. The predicted molar refractivity (Wildman–Crippen MR) is 150 cm³/mol. The molecule has 0 atom stereocenters. The molecular formula is C32H32N2O4. The highest BCUT2D eigenvalue weighted by molar-refractivity contribution is 5.78. The fourth-order valence-corrected chi connectivity index (χ4v) is 4.08. The molecule has 0 aliphatic carbocycles. The van der Waals surface area contributed by atoms with Crippen LogP contribution in [0, 0.1) is 0 Å². The Labute approximate surface area is 223 Å². The summed E-state index contributed by atoms with van der Waals surface area (Å²) < 4.78 is 11.1. The van der Waals surface area contributed by atoms with Crippen LogP contribution in [-0.2, 0) is 0 Å². The van der Waals surface area contributed by atoms with Crippen LogP contribution in [0.25, 0.3) is 22.3 Å². The number of hydrogen-bond donors (Lipinski definition) is 2. The first-order valence-electron chi connectivity index (χ1n) is 12.9. The second-order valence-electron chi connectivity index (χ2n) is 8.77. The van der Waals surface area contributed by atoms with Crippen molar-refractivity contribution in [3.63, 3.8) is 0 Å². The number of unbranched alkanes of at least 4 members (excludes halogenated alkanes) is 3. The van der Waals surface area contributed by atoms with Gasteiger partial charge < -0.3 is 20.1 Å². The topological polar surface area (TPSA) is 76.7 Å². The summed E-state index contributed by atoms with van der Waals surface area (Å²) >= 11 is 0.